The molecule has 2 heterocycles. The second-order valence-corrected chi connectivity index (χ2v) is 2.99. The Bertz CT molecular complexity index is 393. The van der Waals surface area contributed by atoms with Crippen LogP contribution in [0.5, 0.6) is 0 Å². The van der Waals surface area contributed by atoms with Crippen LogP contribution in [0.1, 0.15) is 17.6 Å². The van der Waals surface area contributed by atoms with Gasteiger partial charge in [-0.15, -0.1) is 15.3 Å². The average molecular weight is 194 g/mol. The van der Waals surface area contributed by atoms with Gasteiger partial charge in [0.25, 0.3) is 0 Å². The number of aliphatic hydroxyl groups is 1. The fraction of sp³-hybridized carbons (Fsp3) is 0.429. The van der Waals surface area contributed by atoms with Crippen molar-refractivity contribution in [3.8, 4) is 0 Å². The van der Waals surface area contributed by atoms with Crippen LogP contribution in [0.15, 0.2) is 12.5 Å². The van der Waals surface area contributed by atoms with Crippen molar-refractivity contribution in [3.63, 3.8) is 0 Å². The van der Waals surface area contributed by atoms with Crippen molar-refractivity contribution in [3.05, 3.63) is 24.0 Å². The van der Waals surface area contributed by atoms with Gasteiger partial charge < -0.3 is 9.67 Å². The Morgan fingerprint density at radius 1 is 1.36 bits per heavy atom. The topological polar surface area (TPSA) is 81.7 Å². The lowest BCUT2D eigenvalue weighted by Crippen LogP contribution is -2.11. The summed E-state index contributed by atoms with van der Waals surface area (Å²) in [6, 6.07) is 0. The molecule has 7 heteroatoms. The van der Waals surface area contributed by atoms with E-state index in [0.29, 0.717) is 11.5 Å². The van der Waals surface area contributed by atoms with Gasteiger partial charge in [-0.25, -0.2) is 4.68 Å². The maximum absolute atomic E-state index is 9.91. The van der Waals surface area contributed by atoms with Gasteiger partial charge in [-0.2, -0.15) is 0 Å². The zero-order valence-corrected chi connectivity index (χ0v) is 7.86. The number of nitrogens with zero attached hydrogens (tertiary/aromatic N) is 6. The van der Waals surface area contributed by atoms with Gasteiger partial charge >= 0.3 is 0 Å². The molecule has 0 aliphatic rings. The maximum Gasteiger partial charge on any atom is 0.167 e. The molecule has 0 saturated carbocycles. The molecule has 0 aliphatic carbocycles. The van der Waals surface area contributed by atoms with Crippen LogP contribution in [0, 0.1) is 0 Å². The van der Waals surface area contributed by atoms with Crippen LogP contribution in [-0.4, -0.2) is 34.9 Å². The third-order valence-electron chi connectivity index (χ3n) is 2.02. The molecule has 2 rings (SSSR count). The van der Waals surface area contributed by atoms with Crippen molar-refractivity contribution >= 4 is 0 Å². The molecule has 0 bridgehead atoms. The van der Waals surface area contributed by atoms with E-state index in [0.717, 1.165) is 0 Å². The molecule has 74 valence electrons. The molecule has 1 atom stereocenters. The lowest BCUT2D eigenvalue weighted by molar-refractivity contribution is 0.195. The summed E-state index contributed by atoms with van der Waals surface area (Å²) < 4.78 is 3.15. The molecule has 1 unspecified atom stereocenters. The molecule has 1 N–H and O–H groups in total. The van der Waals surface area contributed by atoms with E-state index < -0.39 is 6.10 Å². The Balaban J connectivity index is 2.38. The first-order valence-corrected chi connectivity index (χ1v) is 4.06. The molecule has 0 amide bonds. The van der Waals surface area contributed by atoms with Crippen molar-refractivity contribution in [2.45, 2.75) is 6.10 Å². The monoisotopic (exact) mass is 194 g/mol. The number of aryl methyl sites for hydroxylation is 2. The highest BCUT2D eigenvalue weighted by atomic mass is 16.3. The third-order valence-corrected chi connectivity index (χ3v) is 2.02. The Morgan fingerprint density at radius 3 is 2.64 bits per heavy atom. The molecular weight excluding hydrogens is 184 g/mol. The van der Waals surface area contributed by atoms with E-state index in [-0.39, 0.29) is 0 Å². The van der Waals surface area contributed by atoms with Gasteiger partial charge in [0.15, 0.2) is 11.9 Å². The molecule has 0 fully saturated rings. The highest BCUT2D eigenvalue weighted by Crippen LogP contribution is 2.16. The number of aromatic nitrogens is 6. The van der Waals surface area contributed by atoms with Crippen LogP contribution < -0.4 is 0 Å². The summed E-state index contributed by atoms with van der Waals surface area (Å²) in [5.74, 6) is 0.468. The largest absolute Gasteiger partial charge is 0.379 e. The third kappa shape index (κ3) is 1.27. The lowest BCUT2D eigenvalue weighted by atomic mass is 10.2. The number of hydrogen-bond acceptors (Lipinski definition) is 5. The molecule has 0 aromatic carbocycles. The predicted octanol–water partition coefficient (Wildman–Crippen LogP) is -0.975. The summed E-state index contributed by atoms with van der Waals surface area (Å²) in [5, 5.41) is 24.8. The summed E-state index contributed by atoms with van der Waals surface area (Å²) in [4.78, 5) is 0. The van der Waals surface area contributed by atoms with E-state index in [1.807, 2.05) is 0 Å². The maximum atomic E-state index is 9.91. The molecule has 0 saturated heterocycles. The van der Waals surface area contributed by atoms with Gasteiger partial charge in [-0.3, -0.25) is 0 Å². The summed E-state index contributed by atoms with van der Waals surface area (Å²) in [6.45, 7) is 0. The first-order chi connectivity index (χ1) is 6.70. The number of rotatable bonds is 2. The molecule has 2 aromatic heterocycles. The van der Waals surface area contributed by atoms with E-state index in [1.54, 1.807) is 18.7 Å². The normalized spacial score (nSPS) is 13.1. The average Bonchev–Trinajstić information content (AvgIpc) is 2.73. The quantitative estimate of drug-likeness (QED) is 0.664. The van der Waals surface area contributed by atoms with Crippen molar-refractivity contribution < 1.29 is 5.11 Å². The first-order valence-electron chi connectivity index (χ1n) is 4.06. The summed E-state index contributed by atoms with van der Waals surface area (Å²) in [6.07, 6.45) is 2.18. The van der Waals surface area contributed by atoms with Crippen molar-refractivity contribution in [1.82, 2.24) is 29.8 Å². The Morgan fingerprint density at radius 2 is 2.14 bits per heavy atom. The van der Waals surface area contributed by atoms with Crippen LogP contribution in [0.3, 0.4) is 0 Å². The van der Waals surface area contributed by atoms with Crippen molar-refractivity contribution in [2.75, 3.05) is 0 Å². The Kier molecular flexibility index (Phi) is 2.01. The van der Waals surface area contributed by atoms with E-state index in [4.69, 9.17) is 0 Å². The zero-order chi connectivity index (χ0) is 10.1. The minimum atomic E-state index is -0.845. The van der Waals surface area contributed by atoms with Crippen molar-refractivity contribution in [1.29, 1.82) is 0 Å². The zero-order valence-electron chi connectivity index (χ0n) is 7.86. The standard InChI is InChI=1S/C7H10N6O/c1-12-4-9-10-7(12)6(14)5-3-8-11-13(5)2/h3-4,6,14H,1-2H3. The minimum absolute atomic E-state index is 0.468. The van der Waals surface area contributed by atoms with E-state index in [2.05, 4.69) is 20.5 Å². The minimum Gasteiger partial charge on any atom is -0.379 e. The van der Waals surface area contributed by atoms with Gasteiger partial charge in [0.1, 0.15) is 6.33 Å². The molecule has 2 aromatic rings. The van der Waals surface area contributed by atoms with Gasteiger partial charge in [0, 0.05) is 14.1 Å². The van der Waals surface area contributed by atoms with Gasteiger partial charge in [0.05, 0.1) is 11.9 Å². The highest BCUT2D eigenvalue weighted by Gasteiger charge is 2.19. The smallest absolute Gasteiger partial charge is 0.167 e. The van der Waals surface area contributed by atoms with Crippen LogP contribution in [0.2, 0.25) is 0 Å². The number of hydrogen-bond donors (Lipinski definition) is 1. The Hall–Kier alpha value is -1.76. The fourth-order valence-electron chi connectivity index (χ4n) is 1.22. The van der Waals surface area contributed by atoms with Gasteiger partial charge in [-0.1, -0.05) is 5.21 Å². The molecule has 14 heavy (non-hydrogen) atoms. The fourth-order valence-corrected chi connectivity index (χ4v) is 1.22. The van der Waals surface area contributed by atoms with Crippen LogP contribution in [0.4, 0.5) is 0 Å². The van der Waals surface area contributed by atoms with Crippen molar-refractivity contribution in [2.24, 2.45) is 14.1 Å². The summed E-state index contributed by atoms with van der Waals surface area (Å²) >= 11 is 0. The van der Waals surface area contributed by atoms with Crippen LogP contribution in [-0.2, 0) is 14.1 Å². The number of aliphatic hydroxyl groups excluding tert-OH is 1. The lowest BCUT2D eigenvalue weighted by Gasteiger charge is -2.08. The molecule has 7 nitrogen and oxygen atoms in total. The van der Waals surface area contributed by atoms with E-state index >= 15 is 0 Å². The van der Waals surface area contributed by atoms with Crippen LogP contribution >= 0.6 is 0 Å². The van der Waals surface area contributed by atoms with E-state index in [1.165, 1.54) is 17.2 Å². The second-order valence-electron chi connectivity index (χ2n) is 2.99. The molecule has 0 aliphatic heterocycles. The van der Waals surface area contributed by atoms with Crippen LogP contribution in [0.25, 0.3) is 0 Å². The summed E-state index contributed by atoms with van der Waals surface area (Å²) in [5.41, 5.74) is 0.584. The Labute approximate surface area is 80.0 Å². The second kappa shape index (κ2) is 3.18. The molecular formula is C7H10N6O. The highest BCUT2D eigenvalue weighted by molar-refractivity contribution is 5.09. The van der Waals surface area contributed by atoms with Gasteiger partial charge in [-0.05, 0) is 0 Å². The first kappa shape index (κ1) is 8.82. The molecule has 0 radical (unpaired) electrons. The SMILES string of the molecule is Cn1cnnc1C(O)c1cnnn1C. The predicted molar refractivity (Wildman–Crippen MR) is 46.1 cm³/mol. The van der Waals surface area contributed by atoms with Gasteiger partial charge in [0.2, 0.25) is 0 Å². The molecule has 0 spiro atoms. The van der Waals surface area contributed by atoms with E-state index in [9.17, 15) is 5.11 Å². The summed E-state index contributed by atoms with van der Waals surface area (Å²) in [7, 11) is 3.48.